The summed E-state index contributed by atoms with van der Waals surface area (Å²) < 4.78 is 4.96. The number of aryl methyl sites for hydroxylation is 2. The first kappa shape index (κ1) is 10.1. The number of aromatic hydroxyl groups is 1. The van der Waals surface area contributed by atoms with Crippen molar-refractivity contribution < 1.29 is 9.52 Å². The molecule has 4 heteroatoms. The van der Waals surface area contributed by atoms with E-state index < -0.39 is 5.63 Å². The molecule has 1 N–H and O–H groups in total. The van der Waals surface area contributed by atoms with Gasteiger partial charge in [-0.2, -0.15) is 0 Å². The molecule has 78 valence electrons. The largest absolute Gasteiger partial charge is 0.508 e. The third kappa shape index (κ3) is 1.49. The third-order valence-electron chi connectivity index (χ3n) is 2.41. The number of rotatable bonds is 0. The molecule has 0 saturated heterocycles. The number of fused-ring (bicyclic) bond motifs is 1. The molecule has 1 aromatic carbocycles. The van der Waals surface area contributed by atoms with Crippen LogP contribution in [0.2, 0.25) is 5.02 Å². The van der Waals surface area contributed by atoms with Gasteiger partial charge in [0.05, 0.1) is 0 Å². The minimum absolute atomic E-state index is 0.0904. The van der Waals surface area contributed by atoms with Crippen molar-refractivity contribution in [3.05, 3.63) is 38.7 Å². The number of phenols is 1. The number of benzene rings is 1. The fourth-order valence-electron chi connectivity index (χ4n) is 1.47. The maximum absolute atomic E-state index is 11.3. The number of halogens is 1. The van der Waals surface area contributed by atoms with Crippen molar-refractivity contribution in [3.63, 3.8) is 0 Å². The summed E-state index contributed by atoms with van der Waals surface area (Å²) in [4.78, 5) is 11.3. The van der Waals surface area contributed by atoms with E-state index >= 15 is 0 Å². The summed E-state index contributed by atoms with van der Waals surface area (Å²) in [5.74, 6) is 0.104. The first-order valence-electron chi connectivity index (χ1n) is 4.43. The van der Waals surface area contributed by atoms with E-state index in [2.05, 4.69) is 0 Å². The molecule has 0 unspecified atom stereocenters. The SMILES string of the molecule is Cc1cc2c(C)c(Cl)c(=O)oc2cc1O. The van der Waals surface area contributed by atoms with Crippen molar-refractivity contribution in [1.29, 1.82) is 0 Å². The van der Waals surface area contributed by atoms with Crippen LogP contribution in [0, 0.1) is 13.8 Å². The molecule has 0 aliphatic carbocycles. The zero-order valence-electron chi connectivity index (χ0n) is 8.30. The van der Waals surface area contributed by atoms with Gasteiger partial charge >= 0.3 is 5.63 Å². The monoisotopic (exact) mass is 224 g/mol. The minimum atomic E-state index is -0.579. The van der Waals surface area contributed by atoms with E-state index in [4.69, 9.17) is 16.0 Å². The molecule has 2 aromatic rings. The highest BCUT2D eigenvalue weighted by molar-refractivity contribution is 6.31. The molecular formula is C11H9ClO3. The fourth-order valence-corrected chi connectivity index (χ4v) is 1.61. The van der Waals surface area contributed by atoms with Crippen LogP contribution in [0.25, 0.3) is 11.0 Å². The molecular weight excluding hydrogens is 216 g/mol. The molecule has 0 radical (unpaired) electrons. The molecule has 0 saturated carbocycles. The van der Waals surface area contributed by atoms with E-state index in [1.54, 1.807) is 19.9 Å². The summed E-state index contributed by atoms with van der Waals surface area (Å²) in [5, 5.41) is 10.3. The molecule has 0 aliphatic heterocycles. The average Bonchev–Trinajstić information content (AvgIpc) is 2.19. The van der Waals surface area contributed by atoms with E-state index in [0.29, 0.717) is 11.1 Å². The third-order valence-corrected chi connectivity index (χ3v) is 2.85. The molecule has 1 aromatic heterocycles. The highest BCUT2D eigenvalue weighted by atomic mass is 35.5. The van der Waals surface area contributed by atoms with Crippen LogP contribution >= 0.6 is 11.6 Å². The molecule has 15 heavy (non-hydrogen) atoms. The van der Waals surface area contributed by atoms with Crippen LogP contribution in [0.15, 0.2) is 21.3 Å². The fraction of sp³-hybridized carbons (Fsp3) is 0.182. The zero-order chi connectivity index (χ0) is 11.2. The summed E-state index contributed by atoms with van der Waals surface area (Å²) in [6.07, 6.45) is 0. The standard InChI is InChI=1S/C11H9ClO3/c1-5-3-7-6(2)10(12)11(14)15-9(7)4-8(5)13/h3-4,13H,1-2H3. The van der Waals surface area contributed by atoms with Gasteiger partial charge in [-0.3, -0.25) is 0 Å². The molecule has 1 heterocycles. The van der Waals surface area contributed by atoms with Gasteiger partial charge < -0.3 is 9.52 Å². The normalized spacial score (nSPS) is 10.9. The summed E-state index contributed by atoms with van der Waals surface area (Å²) in [5.41, 5.74) is 1.16. The van der Waals surface area contributed by atoms with Gasteiger partial charge in [0.15, 0.2) is 0 Å². The Hall–Kier alpha value is -1.48. The Labute approximate surface area is 90.9 Å². The number of hydrogen-bond donors (Lipinski definition) is 1. The second kappa shape index (κ2) is 3.28. The summed E-state index contributed by atoms with van der Waals surface area (Å²) in [6.45, 7) is 3.52. The van der Waals surface area contributed by atoms with Crippen LogP contribution in [0.1, 0.15) is 11.1 Å². The molecule has 0 bridgehead atoms. The number of phenolic OH excluding ortho intramolecular Hbond substituents is 1. The van der Waals surface area contributed by atoms with E-state index in [1.807, 2.05) is 0 Å². The van der Waals surface area contributed by atoms with E-state index in [1.165, 1.54) is 6.07 Å². The van der Waals surface area contributed by atoms with Crippen LogP contribution in [-0.4, -0.2) is 5.11 Å². The van der Waals surface area contributed by atoms with E-state index in [0.717, 1.165) is 10.9 Å². The van der Waals surface area contributed by atoms with Crippen LogP contribution in [-0.2, 0) is 0 Å². The predicted molar refractivity (Wildman–Crippen MR) is 58.6 cm³/mol. The Morgan fingerprint density at radius 3 is 2.67 bits per heavy atom. The summed E-state index contributed by atoms with van der Waals surface area (Å²) >= 11 is 5.78. The van der Waals surface area contributed by atoms with Gasteiger partial charge in [-0.05, 0) is 31.0 Å². The van der Waals surface area contributed by atoms with Crippen LogP contribution in [0.5, 0.6) is 5.75 Å². The Morgan fingerprint density at radius 2 is 2.00 bits per heavy atom. The molecule has 0 atom stereocenters. The van der Waals surface area contributed by atoms with Crippen molar-refractivity contribution >= 4 is 22.6 Å². The quantitative estimate of drug-likeness (QED) is 0.700. The van der Waals surface area contributed by atoms with E-state index in [9.17, 15) is 9.90 Å². The van der Waals surface area contributed by atoms with Gasteiger partial charge in [0.1, 0.15) is 16.4 Å². The highest BCUT2D eigenvalue weighted by Crippen LogP contribution is 2.28. The average molecular weight is 225 g/mol. The van der Waals surface area contributed by atoms with Gasteiger partial charge in [0.2, 0.25) is 0 Å². The van der Waals surface area contributed by atoms with Crippen molar-refractivity contribution in [2.24, 2.45) is 0 Å². The lowest BCUT2D eigenvalue weighted by atomic mass is 10.1. The molecule has 2 rings (SSSR count). The topological polar surface area (TPSA) is 50.4 Å². The van der Waals surface area contributed by atoms with Crippen molar-refractivity contribution in [3.8, 4) is 5.75 Å². The lowest BCUT2D eigenvalue weighted by Crippen LogP contribution is -2.01. The second-order valence-electron chi connectivity index (χ2n) is 3.46. The lowest BCUT2D eigenvalue weighted by molar-refractivity contribution is 0.469. The van der Waals surface area contributed by atoms with Crippen molar-refractivity contribution in [2.45, 2.75) is 13.8 Å². The van der Waals surface area contributed by atoms with Crippen LogP contribution in [0.3, 0.4) is 0 Å². The Balaban J connectivity index is 3.00. The molecule has 3 nitrogen and oxygen atoms in total. The summed E-state index contributed by atoms with van der Waals surface area (Å²) in [7, 11) is 0. The van der Waals surface area contributed by atoms with Crippen LogP contribution in [0.4, 0.5) is 0 Å². The molecule has 0 spiro atoms. The Kier molecular flexibility index (Phi) is 2.20. The second-order valence-corrected chi connectivity index (χ2v) is 3.84. The zero-order valence-corrected chi connectivity index (χ0v) is 9.05. The van der Waals surface area contributed by atoms with Gasteiger partial charge in [-0.15, -0.1) is 0 Å². The maximum Gasteiger partial charge on any atom is 0.355 e. The Bertz CT molecular complexity index is 599. The summed E-state index contributed by atoms with van der Waals surface area (Å²) in [6, 6.07) is 3.17. The first-order valence-corrected chi connectivity index (χ1v) is 4.81. The van der Waals surface area contributed by atoms with Gasteiger partial charge in [-0.25, -0.2) is 4.79 Å². The smallest absolute Gasteiger partial charge is 0.355 e. The first-order chi connectivity index (χ1) is 7.00. The number of hydrogen-bond acceptors (Lipinski definition) is 3. The highest BCUT2D eigenvalue weighted by Gasteiger charge is 2.10. The van der Waals surface area contributed by atoms with Gasteiger partial charge in [0, 0.05) is 11.5 Å². The van der Waals surface area contributed by atoms with Gasteiger partial charge in [-0.1, -0.05) is 11.6 Å². The predicted octanol–water partition coefficient (Wildman–Crippen LogP) is 2.77. The van der Waals surface area contributed by atoms with Crippen LogP contribution < -0.4 is 5.63 Å². The Morgan fingerprint density at radius 1 is 1.33 bits per heavy atom. The van der Waals surface area contributed by atoms with E-state index in [-0.39, 0.29) is 10.8 Å². The van der Waals surface area contributed by atoms with Gasteiger partial charge in [0.25, 0.3) is 0 Å². The lowest BCUT2D eigenvalue weighted by Gasteiger charge is -2.05. The molecule has 0 aliphatic rings. The molecule has 0 fully saturated rings. The maximum atomic E-state index is 11.3. The molecule has 0 amide bonds. The minimum Gasteiger partial charge on any atom is -0.508 e. The van der Waals surface area contributed by atoms with Crippen molar-refractivity contribution in [2.75, 3.05) is 0 Å². The van der Waals surface area contributed by atoms with Crippen molar-refractivity contribution in [1.82, 2.24) is 0 Å².